The molecule has 2 N–H and O–H groups in total. The number of rotatable bonds is 7. The minimum absolute atomic E-state index is 0.133. The van der Waals surface area contributed by atoms with Gasteiger partial charge in [-0.15, -0.1) is 0 Å². The lowest BCUT2D eigenvalue weighted by Gasteiger charge is -2.10. The number of hydrogen-bond donors (Lipinski definition) is 2. The van der Waals surface area contributed by atoms with Crippen molar-refractivity contribution >= 4 is 11.7 Å². The van der Waals surface area contributed by atoms with E-state index in [0.717, 1.165) is 19.4 Å². The van der Waals surface area contributed by atoms with Crippen molar-refractivity contribution in [1.29, 1.82) is 0 Å². The molecule has 1 aromatic rings. The van der Waals surface area contributed by atoms with Crippen LogP contribution in [0.15, 0.2) is 6.07 Å². The summed E-state index contributed by atoms with van der Waals surface area (Å²) in [5.41, 5.74) is 0.426. The molecule has 106 valence electrons. The lowest BCUT2D eigenvalue weighted by Crippen LogP contribution is -2.26. The van der Waals surface area contributed by atoms with Gasteiger partial charge in [-0.1, -0.05) is 27.2 Å². The molecule has 0 aliphatic heterocycles. The molecule has 0 radical (unpaired) electrons. The summed E-state index contributed by atoms with van der Waals surface area (Å²) in [7, 11) is 0. The second-order valence-electron chi connectivity index (χ2n) is 5.07. The summed E-state index contributed by atoms with van der Waals surface area (Å²) in [6.07, 6.45) is 2.04. The summed E-state index contributed by atoms with van der Waals surface area (Å²) < 4.78 is 0. The first-order chi connectivity index (χ1) is 9.02. The van der Waals surface area contributed by atoms with E-state index in [1.54, 1.807) is 13.0 Å². The number of carbonyl (C=O) groups excluding carboxylic acids is 1. The van der Waals surface area contributed by atoms with E-state index < -0.39 is 0 Å². The smallest absolute Gasteiger partial charge is 0.270 e. The molecule has 5 nitrogen and oxygen atoms in total. The molecule has 0 saturated heterocycles. The van der Waals surface area contributed by atoms with Gasteiger partial charge in [0.1, 0.15) is 17.3 Å². The fraction of sp³-hybridized carbons (Fsp3) is 0.643. The zero-order valence-corrected chi connectivity index (χ0v) is 12.3. The van der Waals surface area contributed by atoms with Crippen molar-refractivity contribution in [2.24, 2.45) is 5.92 Å². The van der Waals surface area contributed by atoms with E-state index in [1.807, 2.05) is 0 Å². The van der Waals surface area contributed by atoms with E-state index in [1.165, 1.54) is 0 Å². The summed E-state index contributed by atoms with van der Waals surface area (Å²) in [5.74, 6) is 1.71. The number of nitrogens with zero attached hydrogens (tertiary/aromatic N) is 2. The topological polar surface area (TPSA) is 66.9 Å². The van der Waals surface area contributed by atoms with E-state index in [9.17, 15) is 4.79 Å². The largest absolute Gasteiger partial charge is 0.370 e. The van der Waals surface area contributed by atoms with Gasteiger partial charge in [-0.2, -0.15) is 0 Å². The molecule has 0 bridgehead atoms. The second-order valence-corrected chi connectivity index (χ2v) is 5.07. The second kappa shape index (κ2) is 7.71. The number of aryl methyl sites for hydroxylation is 1. The fourth-order valence-corrected chi connectivity index (χ4v) is 1.55. The van der Waals surface area contributed by atoms with Gasteiger partial charge in [0.2, 0.25) is 0 Å². The highest BCUT2D eigenvalue weighted by Gasteiger charge is 2.09. The number of aromatic nitrogens is 2. The minimum atomic E-state index is -0.133. The molecule has 0 aliphatic carbocycles. The molecule has 0 spiro atoms. The number of nitrogens with one attached hydrogen (secondary N) is 2. The highest BCUT2D eigenvalue weighted by atomic mass is 16.1. The van der Waals surface area contributed by atoms with Crippen LogP contribution >= 0.6 is 0 Å². The average molecular weight is 264 g/mol. The van der Waals surface area contributed by atoms with Crippen LogP contribution in [0.1, 0.15) is 49.9 Å². The number of amides is 1. The first-order valence-corrected chi connectivity index (χ1v) is 6.90. The van der Waals surface area contributed by atoms with Crippen molar-refractivity contribution < 1.29 is 4.79 Å². The number of anilines is 1. The standard InChI is InChI=1S/C14H24N4O/c1-5-6-7-15-14(19)12-8-13(16-9-10(2)3)18-11(4)17-12/h8,10H,5-7,9H2,1-4H3,(H,15,19)(H,16,17,18). The Labute approximate surface area is 115 Å². The van der Waals surface area contributed by atoms with Crippen LogP contribution in [0.25, 0.3) is 0 Å². The molecule has 1 amide bonds. The Kier molecular flexibility index (Phi) is 6.25. The van der Waals surface area contributed by atoms with Crippen molar-refractivity contribution in [3.63, 3.8) is 0 Å². The fourth-order valence-electron chi connectivity index (χ4n) is 1.55. The van der Waals surface area contributed by atoms with Crippen molar-refractivity contribution in [1.82, 2.24) is 15.3 Å². The monoisotopic (exact) mass is 264 g/mol. The van der Waals surface area contributed by atoms with Crippen molar-refractivity contribution in [3.05, 3.63) is 17.6 Å². The van der Waals surface area contributed by atoms with Gasteiger partial charge in [-0.25, -0.2) is 9.97 Å². The van der Waals surface area contributed by atoms with Crippen LogP contribution in [-0.2, 0) is 0 Å². The van der Waals surface area contributed by atoms with Crippen LogP contribution in [0.5, 0.6) is 0 Å². The molecule has 0 aliphatic rings. The van der Waals surface area contributed by atoms with Gasteiger partial charge in [0.25, 0.3) is 5.91 Å². The van der Waals surface area contributed by atoms with Crippen LogP contribution in [0.2, 0.25) is 0 Å². The molecule has 1 aromatic heterocycles. The maximum atomic E-state index is 11.9. The molecule has 0 saturated carbocycles. The van der Waals surface area contributed by atoms with Crippen LogP contribution in [0, 0.1) is 12.8 Å². The van der Waals surface area contributed by atoms with Crippen molar-refractivity contribution in [3.8, 4) is 0 Å². The molecule has 0 unspecified atom stereocenters. The van der Waals surface area contributed by atoms with Crippen LogP contribution < -0.4 is 10.6 Å². The number of unbranched alkanes of at least 4 members (excludes halogenated alkanes) is 1. The SMILES string of the molecule is CCCCNC(=O)c1cc(NCC(C)C)nc(C)n1. The predicted molar refractivity (Wildman–Crippen MR) is 77.3 cm³/mol. The Morgan fingerprint density at radius 3 is 2.74 bits per heavy atom. The molecule has 1 heterocycles. The lowest BCUT2D eigenvalue weighted by molar-refractivity contribution is 0.0948. The van der Waals surface area contributed by atoms with Gasteiger partial charge >= 0.3 is 0 Å². The number of carbonyl (C=O) groups is 1. The first kappa shape index (κ1) is 15.4. The third kappa shape index (κ3) is 5.68. The summed E-state index contributed by atoms with van der Waals surface area (Å²) >= 11 is 0. The van der Waals surface area contributed by atoms with Gasteiger partial charge in [0, 0.05) is 19.2 Å². The third-order valence-electron chi connectivity index (χ3n) is 2.58. The van der Waals surface area contributed by atoms with Crippen molar-refractivity contribution in [2.45, 2.75) is 40.5 Å². The Morgan fingerprint density at radius 2 is 2.11 bits per heavy atom. The quantitative estimate of drug-likeness (QED) is 0.742. The molecule has 5 heteroatoms. The van der Waals surface area contributed by atoms with Gasteiger partial charge in [-0.3, -0.25) is 4.79 Å². The van der Waals surface area contributed by atoms with Gasteiger partial charge in [-0.05, 0) is 19.3 Å². The van der Waals surface area contributed by atoms with E-state index in [4.69, 9.17) is 0 Å². The van der Waals surface area contributed by atoms with Gasteiger partial charge in [0.05, 0.1) is 0 Å². The van der Waals surface area contributed by atoms with E-state index in [-0.39, 0.29) is 5.91 Å². The Bertz CT molecular complexity index is 418. The highest BCUT2D eigenvalue weighted by Crippen LogP contribution is 2.07. The van der Waals surface area contributed by atoms with E-state index in [2.05, 4.69) is 41.4 Å². The Morgan fingerprint density at radius 1 is 1.37 bits per heavy atom. The molecule has 19 heavy (non-hydrogen) atoms. The van der Waals surface area contributed by atoms with Crippen LogP contribution in [0.3, 0.4) is 0 Å². The Balaban J connectivity index is 2.69. The maximum absolute atomic E-state index is 11.9. The number of hydrogen-bond acceptors (Lipinski definition) is 4. The van der Waals surface area contributed by atoms with E-state index >= 15 is 0 Å². The molecule has 1 rings (SSSR count). The molecular weight excluding hydrogens is 240 g/mol. The predicted octanol–water partition coefficient (Wildman–Crippen LogP) is 2.38. The van der Waals surface area contributed by atoms with Crippen molar-refractivity contribution in [2.75, 3.05) is 18.4 Å². The molecule has 0 atom stereocenters. The normalized spacial score (nSPS) is 10.6. The van der Waals surface area contributed by atoms with Gasteiger partial charge in [0.15, 0.2) is 0 Å². The minimum Gasteiger partial charge on any atom is -0.370 e. The Hall–Kier alpha value is -1.65. The average Bonchev–Trinajstić information content (AvgIpc) is 2.36. The summed E-state index contributed by atoms with van der Waals surface area (Å²) in [6.45, 7) is 9.65. The zero-order chi connectivity index (χ0) is 14.3. The summed E-state index contributed by atoms with van der Waals surface area (Å²) in [6, 6.07) is 1.71. The molecule has 0 aromatic carbocycles. The maximum Gasteiger partial charge on any atom is 0.270 e. The molecule has 0 fully saturated rings. The third-order valence-corrected chi connectivity index (χ3v) is 2.58. The summed E-state index contributed by atoms with van der Waals surface area (Å²) in [5, 5.41) is 6.08. The van der Waals surface area contributed by atoms with Gasteiger partial charge < -0.3 is 10.6 Å². The van der Waals surface area contributed by atoms with Crippen LogP contribution in [0.4, 0.5) is 5.82 Å². The first-order valence-electron chi connectivity index (χ1n) is 6.90. The molecular formula is C14H24N4O. The zero-order valence-electron chi connectivity index (χ0n) is 12.3. The van der Waals surface area contributed by atoms with Crippen LogP contribution in [-0.4, -0.2) is 29.0 Å². The summed E-state index contributed by atoms with van der Waals surface area (Å²) in [4.78, 5) is 20.4. The highest BCUT2D eigenvalue weighted by molar-refractivity contribution is 5.92. The van der Waals surface area contributed by atoms with E-state index in [0.29, 0.717) is 29.8 Å². The lowest BCUT2D eigenvalue weighted by atomic mass is 10.2.